The lowest BCUT2D eigenvalue weighted by atomic mass is 9.98. The molecule has 5 rings (SSSR count). The van der Waals surface area contributed by atoms with E-state index in [0.29, 0.717) is 38.8 Å². The summed E-state index contributed by atoms with van der Waals surface area (Å²) in [5.74, 6) is 0.112. The van der Waals surface area contributed by atoms with E-state index < -0.39 is 0 Å². The molecule has 486 valence electrons. The van der Waals surface area contributed by atoms with Gasteiger partial charge in [-0.15, -0.1) is 99.3 Å². The average Bonchev–Trinajstić information content (AvgIpc) is 4.09. The number of hydrogen-bond acceptors (Lipinski definition) is 10. The number of fused-ring (bicyclic) bond motifs is 8. The smallest absolute Gasteiger partial charge is 0.220 e. The molecule has 0 saturated heterocycles. The Bertz CT molecular complexity index is 2500. The molecule has 22 heteroatoms. The summed E-state index contributed by atoms with van der Waals surface area (Å²) in [7, 11) is 0. The van der Waals surface area contributed by atoms with Crippen LogP contribution in [0.5, 0.6) is 0 Å². The van der Waals surface area contributed by atoms with E-state index in [1.165, 1.54) is 73.6 Å². The molecule has 0 saturated carbocycles. The lowest BCUT2D eigenvalue weighted by Gasteiger charge is -2.09. The third-order valence-corrected chi connectivity index (χ3v) is 15.2. The van der Waals surface area contributed by atoms with Crippen molar-refractivity contribution in [2.24, 2.45) is 0 Å². The van der Waals surface area contributed by atoms with Gasteiger partial charge in [-0.1, -0.05) is 27.7 Å². The monoisotopic (exact) mass is 1330 g/mol. The Morgan fingerprint density at radius 2 is 0.655 bits per heavy atom. The Hall–Kier alpha value is -2.38. The van der Waals surface area contributed by atoms with E-state index in [1.54, 1.807) is 0 Å². The van der Waals surface area contributed by atoms with Crippen molar-refractivity contribution in [2.45, 2.75) is 171 Å². The van der Waals surface area contributed by atoms with Gasteiger partial charge in [0.1, 0.15) is 0 Å². The van der Waals surface area contributed by atoms with E-state index in [0.717, 1.165) is 184 Å². The predicted octanol–water partition coefficient (Wildman–Crippen LogP) is 13.3. The highest BCUT2D eigenvalue weighted by molar-refractivity contribution is 5.97. The molecule has 0 fully saturated rings. The molecule has 8 bridgehead atoms. The number of hydrogen-bond donors (Lipinski definition) is 10. The summed E-state index contributed by atoms with van der Waals surface area (Å²) >= 11 is 0. The van der Waals surface area contributed by atoms with E-state index in [4.69, 9.17) is 9.97 Å². The number of nitrogens with zero attached hydrogens (tertiary/aromatic N) is 2. The molecule has 3 aromatic rings. The first-order valence-electron chi connectivity index (χ1n) is 30.0. The molecule has 0 radical (unpaired) electrons. The summed E-state index contributed by atoms with van der Waals surface area (Å²) in [6.45, 7) is 31.4. The van der Waals surface area contributed by atoms with Crippen molar-refractivity contribution >= 4 is 155 Å². The molecule has 2 amide bonds. The van der Waals surface area contributed by atoms with Crippen LogP contribution in [0, 0.1) is 13.8 Å². The van der Waals surface area contributed by atoms with E-state index in [-0.39, 0.29) is 111 Å². The second-order valence-corrected chi connectivity index (χ2v) is 21.0. The SMILES string of the molecule is CCNCCCCNCCCCNCCCCNC(=O)CCC1=C(C)c2cc3[nH]c(cc4[nH]c(cc5nc(cc1n2)C(CCC(=O)NCCCCNCCCCNCCCCNCC)=C5C)c(CC)c4C)c(CC)c3C.Cl.Cl.Cl.Cl.Cl.Cl.Cl.Cl. The standard InChI is InChI=1S/C62H102N12O2.8ClH/c1-9-49-45(5)53-41-54-47(7)51(25-27-61(75)69-39-23-21-37-67-35-19-17-33-65-31-15-13-29-63-11-3)59(73-54)44-60-52(48(8)56(74-60)43-58-50(10-2)46(6)55(72-58)42-57(49)71-53)26-28-62(76)70-40-24-22-38-68-36-20-18-34-66-32-16-14-30-64-12-4;;;;;;;;/h41-44,63-68,71-72H,9-40H2,1-8H3,(H,69,75)(H,70,76);8*1H. The first-order valence-corrected chi connectivity index (χ1v) is 30.0. The molecule has 0 unspecified atom stereocenters. The van der Waals surface area contributed by atoms with Crippen molar-refractivity contribution in [2.75, 3.05) is 91.6 Å². The summed E-state index contributed by atoms with van der Waals surface area (Å²) in [5.41, 5.74) is 17.0. The van der Waals surface area contributed by atoms with Gasteiger partial charge in [0.05, 0.1) is 22.8 Å². The van der Waals surface area contributed by atoms with E-state index >= 15 is 0 Å². The Balaban J connectivity index is -0.00000400. The van der Waals surface area contributed by atoms with Crippen LogP contribution >= 0.6 is 99.3 Å². The van der Waals surface area contributed by atoms with E-state index in [2.05, 4.69) is 132 Å². The number of rotatable bonds is 40. The number of unbranched alkanes of at least 4 members (excludes halogenated alkanes) is 6. The topological polar surface area (TPSA) is 188 Å². The number of aromatic nitrogens is 4. The van der Waals surface area contributed by atoms with Crippen molar-refractivity contribution in [1.29, 1.82) is 0 Å². The van der Waals surface area contributed by atoms with Crippen LogP contribution in [0.4, 0.5) is 0 Å². The van der Waals surface area contributed by atoms with Gasteiger partial charge >= 0.3 is 0 Å². The maximum atomic E-state index is 13.4. The highest BCUT2D eigenvalue weighted by Gasteiger charge is 2.23. The molecule has 0 aromatic carbocycles. The Kier molecular flexibility index (Phi) is 54.0. The molecular formula is C62H110Cl8N12O2. The second kappa shape index (κ2) is 51.5. The Labute approximate surface area is 555 Å². The fourth-order valence-electron chi connectivity index (χ4n) is 10.5. The fourth-order valence-corrected chi connectivity index (χ4v) is 10.5. The second-order valence-electron chi connectivity index (χ2n) is 21.0. The van der Waals surface area contributed by atoms with Crippen LogP contribution in [0.2, 0.25) is 0 Å². The van der Waals surface area contributed by atoms with Crippen LogP contribution in [-0.2, 0) is 22.4 Å². The molecular weight excluding hydrogens is 1230 g/mol. The minimum atomic E-state index is 0. The van der Waals surface area contributed by atoms with Crippen molar-refractivity contribution < 1.29 is 9.59 Å². The van der Waals surface area contributed by atoms with Crippen LogP contribution in [0.25, 0.3) is 44.4 Å². The number of carbonyl (C=O) groups is 2. The lowest BCUT2D eigenvalue weighted by molar-refractivity contribution is -0.121. The number of aryl methyl sites for hydroxylation is 4. The summed E-state index contributed by atoms with van der Waals surface area (Å²) in [6, 6.07) is 8.74. The predicted molar refractivity (Wildman–Crippen MR) is 381 cm³/mol. The molecule has 2 aliphatic heterocycles. The molecule has 2 aliphatic rings. The van der Waals surface area contributed by atoms with Gasteiger partial charge in [-0.3, -0.25) is 9.59 Å². The van der Waals surface area contributed by atoms with Gasteiger partial charge in [0.15, 0.2) is 0 Å². The molecule has 0 spiro atoms. The van der Waals surface area contributed by atoms with Crippen LogP contribution in [-0.4, -0.2) is 123 Å². The van der Waals surface area contributed by atoms with Crippen LogP contribution in [0.1, 0.15) is 189 Å². The average molecular weight is 1340 g/mol. The van der Waals surface area contributed by atoms with Gasteiger partial charge < -0.3 is 52.5 Å². The van der Waals surface area contributed by atoms with Crippen molar-refractivity contribution in [3.05, 3.63) is 69.3 Å². The first-order chi connectivity index (χ1) is 37.1. The van der Waals surface area contributed by atoms with Crippen molar-refractivity contribution in [1.82, 2.24) is 62.5 Å². The third kappa shape index (κ3) is 30.2. The van der Waals surface area contributed by atoms with Gasteiger partial charge in [0.25, 0.3) is 0 Å². The van der Waals surface area contributed by atoms with Crippen molar-refractivity contribution in [3.8, 4) is 0 Å². The highest BCUT2D eigenvalue weighted by Crippen LogP contribution is 2.38. The van der Waals surface area contributed by atoms with Gasteiger partial charge in [0, 0.05) is 48.0 Å². The largest absolute Gasteiger partial charge is 0.356 e. The third-order valence-electron chi connectivity index (χ3n) is 15.2. The Morgan fingerprint density at radius 1 is 0.369 bits per heavy atom. The summed E-state index contributed by atoms with van der Waals surface area (Å²) in [4.78, 5) is 45.1. The summed E-state index contributed by atoms with van der Waals surface area (Å²) < 4.78 is 0. The molecule has 5 heterocycles. The van der Waals surface area contributed by atoms with Gasteiger partial charge in [-0.05, 0) is 278 Å². The van der Waals surface area contributed by atoms with Gasteiger partial charge in [-0.25, -0.2) is 9.97 Å². The van der Waals surface area contributed by atoms with Crippen LogP contribution < -0.4 is 42.5 Å². The van der Waals surface area contributed by atoms with Gasteiger partial charge in [-0.2, -0.15) is 0 Å². The van der Waals surface area contributed by atoms with Gasteiger partial charge in [0.2, 0.25) is 11.8 Å². The van der Waals surface area contributed by atoms with E-state index in [9.17, 15) is 9.59 Å². The lowest BCUT2D eigenvalue weighted by Crippen LogP contribution is -2.25. The highest BCUT2D eigenvalue weighted by atomic mass is 35.5. The number of H-pyrrole nitrogens is 2. The maximum absolute atomic E-state index is 13.4. The number of amides is 2. The number of carbonyl (C=O) groups excluding carboxylic acids is 2. The summed E-state index contributed by atoms with van der Waals surface area (Å²) in [5, 5.41) is 27.5. The molecule has 10 N–H and O–H groups in total. The molecule has 0 aliphatic carbocycles. The minimum absolute atomic E-state index is 0. The first kappa shape index (κ1) is 88.1. The molecule has 0 atom stereocenters. The zero-order valence-electron chi connectivity index (χ0n) is 51.9. The molecule has 84 heavy (non-hydrogen) atoms. The Morgan fingerprint density at radius 3 is 0.976 bits per heavy atom. The van der Waals surface area contributed by atoms with Crippen LogP contribution in [0.15, 0.2) is 24.3 Å². The number of allylic oxidation sites excluding steroid dienone is 4. The van der Waals surface area contributed by atoms with Crippen molar-refractivity contribution in [3.63, 3.8) is 0 Å². The normalized spacial score (nSPS) is 11.4. The maximum Gasteiger partial charge on any atom is 0.220 e. The van der Waals surface area contributed by atoms with E-state index in [1.807, 2.05) is 0 Å². The summed E-state index contributed by atoms with van der Waals surface area (Å²) in [6.07, 6.45) is 17.2. The zero-order valence-corrected chi connectivity index (χ0v) is 58.4. The fraction of sp³-hybridized carbons (Fsp3) is 0.645. The number of nitrogens with one attached hydrogen (secondary N) is 10. The number of halogens is 8. The minimum Gasteiger partial charge on any atom is -0.356 e. The quantitative estimate of drug-likeness (QED) is 0.0246. The zero-order chi connectivity index (χ0) is 54.3. The molecule has 14 nitrogen and oxygen atoms in total. The van der Waals surface area contributed by atoms with Crippen LogP contribution in [0.3, 0.4) is 0 Å². The number of aromatic amines is 2. The molecule has 3 aromatic heterocycles.